The summed E-state index contributed by atoms with van der Waals surface area (Å²) in [6, 6.07) is 7.50. The predicted molar refractivity (Wildman–Crippen MR) is 108 cm³/mol. The van der Waals surface area contributed by atoms with Gasteiger partial charge in [-0.2, -0.15) is 0 Å². The fraction of sp³-hybridized carbons (Fsp3) is 0.450. The summed E-state index contributed by atoms with van der Waals surface area (Å²) in [5.41, 5.74) is 2.05. The van der Waals surface area contributed by atoms with Crippen molar-refractivity contribution in [3.63, 3.8) is 0 Å². The molecular formula is C20H26N4O2S. The van der Waals surface area contributed by atoms with Gasteiger partial charge in [-0.25, -0.2) is 4.98 Å². The van der Waals surface area contributed by atoms with Gasteiger partial charge in [0.1, 0.15) is 0 Å². The average Bonchev–Trinajstić information content (AvgIpc) is 3.10. The van der Waals surface area contributed by atoms with Crippen LogP contribution >= 0.6 is 11.3 Å². The minimum atomic E-state index is -0.355. The van der Waals surface area contributed by atoms with Gasteiger partial charge in [-0.1, -0.05) is 29.8 Å². The molecule has 2 amide bonds. The summed E-state index contributed by atoms with van der Waals surface area (Å²) in [6.07, 6.45) is 4.26. The summed E-state index contributed by atoms with van der Waals surface area (Å²) in [5, 5.41) is 9.74. The van der Waals surface area contributed by atoms with Crippen molar-refractivity contribution >= 4 is 28.3 Å². The minimum absolute atomic E-state index is 0.152. The number of amides is 2. The standard InChI is InChI=1S/C20H26N4O2S/c1-13-3-5-15(6-4-13)17(23-14(2)25)11-19(26)24-20-22-12-18(27-20)16-7-9-21-10-8-16/h3-6,12,16-17,21H,7-11H2,1-2H3,(H,23,25)(H,22,24,26). The molecule has 0 spiro atoms. The lowest BCUT2D eigenvalue weighted by Crippen LogP contribution is -2.29. The zero-order valence-corrected chi connectivity index (χ0v) is 16.6. The Labute approximate surface area is 163 Å². The van der Waals surface area contributed by atoms with Crippen molar-refractivity contribution in [3.8, 4) is 0 Å². The summed E-state index contributed by atoms with van der Waals surface area (Å²) in [5.74, 6) is 0.213. The monoisotopic (exact) mass is 386 g/mol. The van der Waals surface area contributed by atoms with Crippen LogP contribution in [0.3, 0.4) is 0 Å². The predicted octanol–water partition coefficient (Wildman–Crippen LogP) is 3.12. The van der Waals surface area contributed by atoms with E-state index in [1.54, 1.807) is 11.3 Å². The van der Waals surface area contributed by atoms with Crippen molar-refractivity contribution in [1.82, 2.24) is 15.6 Å². The van der Waals surface area contributed by atoms with Crippen molar-refractivity contribution in [3.05, 3.63) is 46.5 Å². The number of piperidine rings is 1. The molecule has 1 aromatic carbocycles. The van der Waals surface area contributed by atoms with E-state index in [-0.39, 0.29) is 24.3 Å². The first-order valence-corrected chi connectivity index (χ1v) is 10.1. The molecule has 3 rings (SSSR count). The second kappa shape index (κ2) is 9.10. The first-order chi connectivity index (χ1) is 13.0. The topological polar surface area (TPSA) is 83.1 Å². The number of anilines is 1. The summed E-state index contributed by atoms with van der Waals surface area (Å²) in [7, 11) is 0. The van der Waals surface area contributed by atoms with Crippen LogP contribution in [0.1, 0.15) is 54.1 Å². The fourth-order valence-corrected chi connectivity index (χ4v) is 4.29. The van der Waals surface area contributed by atoms with Gasteiger partial charge in [0.15, 0.2) is 5.13 Å². The Bertz CT molecular complexity index is 782. The van der Waals surface area contributed by atoms with Crippen molar-refractivity contribution in [2.24, 2.45) is 0 Å². The number of nitrogens with zero attached hydrogens (tertiary/aromatic N) is 1. The summed E-state index contributed by atoms with van der Waals surface area (Å²) < 4.78 is 0. The molecule has 1 atom stereocenters. The molecule has 27 heavy (non-hydrogen) atoms. The lowest BCUT2D eigenvalue weighted by Gasteiger charge is -2.20. The maximum absolute atomic E-state index is 12.5. The zero-order chi connectivity index (χ0) is 19.2. The third-order valence-corrected chi connectivity index (χ3v) is 5.83. The maximum Gasteiger partial charge on any atom is 0.228 e. The van der Waals surface area contributed by atoms with E-state index in [4.69, 9.17) is 0 Å². The first-order valence-electron chi connectivity index (χ1n) is 9.31. The van der Waals surface area contributed by atoms with Gasteiger partial charge in [0.2, 0.25) is 11.8 Å². The van der Waals surface area contributed by atoms with Crippen LogP contribution in [0.4, 0.5) is 5.13 Å². The molecule has 1 aliphatic heterocycles. The number of nitrogens with one attached hydrogen (secondary N) is 3. The van der Waals surface area contributed by atoms with E-state index in [2.05, 4.69) is 20.9 Å². The third-order valence-electron chi connectivity index (χ3n) is 4.76. The lowest BCUT2D eigenvalue weighted by atomic mass is 9.97. The van der Waals surface area contributed by atoms with Gasteiger partial charge in [0.05, 0.1) is 12.5 Å². The van der Waals surface area contributed by atoms with Crippen LogP contribution in [-0.4, -0.2) is 29.9 Å². The van der Waals surface area contributed by atoms with E-state index in [0.29, 0.717) is 11.0 Å². The summed E-state index contributed by atoms with van der Waals surface area (Å²) in [4.78, 5) is 29.7. The third kappa shape index (κ3) is 5.61. The molecule has 2 aromatic rings. The van der Waals surface area contributed by atoms with Crippen LogP contribution in [0.15, 0.2) is 30.5 Å². The van der Waals surface area contributed by atoms with Gasteiger partial charge in [-0.3, -0.25) is 9.59 Å². The van der Waals surface area contributed by atoms with Crippen molar-refractivity contribution in [2.75, 3.05) is 18.4 Å². The number of carbonyl (C=O) groups is 2. The quantitative estimate of drug-likeness (QED) is 0.712. The molecule has 0 bridgehead atoms. The van der Waals surface area contributed by atoms with E-state index < -0.39 is 0 Å². The molecule has 1 fully saturated rings. The van der Waals surface area contributed by atoms with Crippen LogP contribution in [0.5, 0.6) is 0 Å². The Morgan fingerprint density at radius 3 is 2.63 bits per heavy atom. The molecule has 2 heterocycles. The number of rotatable bonds is 6. The van der Waals surface area contributed by atoms with Gasteiger partial charge in [0.25, 0.3) is 0 Å². The van der Waals surface area contributed by atoms with E-state index in [0.717, 1.165) is 37.1 Å². The first kappa shape index (κ1) is 19.5. The Balaban J connectivity index is 1.62. The Kier molecular flexibility index (Phi) is 6.58. The lowest BCUT2D eigenvalue weighted by molar-refractivity contribution is -0.120. The highest BCUT2D eigenvalue weighted by Gasteiger charge is 2.20. The maximum atomic E-state index is 12.5. The van der Waals surface area contributed by atoms with Gasteiger partial charge in [-0.05, 0) is 44.3 Å². The molecule has 1 unspecified atom stereocenters. The molecule has 1 aliphatic rings. The average molecular weight is 387 g/mol. The number of hydrogen-bond acceptors (Lipinski definition) is 5. The van der Waals surface area contributed by atoms with E-state index in [1.807, 2.05) is 37.4 Å². The molecule has 7 heteroatoms. The minimum Gasteiger partial charge on any atom is -0.349 e. The number of carbonyl (C=O) groups excluding carboxylic acids is 2. The Morgan fingerprint density at radius 1 is 1.26 bits per heavy atom. The van der Waals surface area contributed by atoms with Gasteiger partial charge >= 0.3 is 0 Å². The van der Waals surface area contributed by atoms with E-state index in [1.165, 1.54) is 11.8 Å². The molecule has 6 nitrogen and oxygen atoms in total. The zero-order valence-electron chi connectivity index (χ0n) is 15.7. The van der Waals surface area contributed by atoms with E-state index in [9.17, 15) is 9.59 Å². The highest BCUT2D eigenvalue weighted by atomic mass is 32.1. The highest BCUT2D eigenvalue weighted by Crippen LogP contribution is 2.32. The Hall–Kier alpha value is -2.25. The fourth-order valence-electron chi connectivity index (χ4n) is 3.29. The largest absolute Gasteiger partial charge is 0.349 e. The van der Waals surface area contributed by atoms with Crippen LogP contribution in [-0.2, 0) is 9.59 Å². The summed E-state index contributed by atoms with van der Waals surface area (Å²) >= 11 is 1.55. The van der Waals surface area contributed by atoms with Crippen molar-refractivity contribution < 1.29 is 9.59 Å². The second-order valence-electron chi connectivity index (χ2n) is 7.01. The molecule has 0 radical (unpaired) electrons. The second-order valence-corrected chi connectivity index (χ2v) is 8.07. The van der Waals surface area contributed by atoms with Crippen LogP contribution in [0.25, 0.3) is 0 Å². The highest BCUT2D eigenvalue weighted by molar-refractivity contribution is 7.15. The summed E-state index contributed by atoms with van der Waals surface area (Å²) in [6.45, 7) is 5.52. The molecule has 0 saturated carbocycles. The van der Waals surface area contributed by atoms with Crippen LogP contribution < -0.4 is 16.0 Å². The molecule has 1 aromatic heterocycles. The number of thiazole rings is 1. The number of aryl methyl sites for hydroxylation is 1. The van der Waals surface area contributed by atoms with Gasteiger partial charge in [0, 0.05) is 18.0 Å². The SMILES string of the molecule is CC(=O)NC(CC(=O)Nc1ncc(C2CCNCC2)s1)c1ccc(C)cc1. The number of hydrogen-bond donors (Lipinski definition) is 3. The van der Waals surface area contributed by atoms with Crippen LogP contribution in [0, 0.1) is 6.92 Å². The molecule has 3 N–H and O–H groups in total. The van der Waals surface area contributed by atoms with Gasteiger partial charge in [-0.15, -0.1) is 11.3 Å². The number of aromatic nitrogens is 1. The molecule has 1 saturated heterocycles. The smallest absolute Gasteiger partial charge is 0.228 e. The van der Waals surface area contributed by atoms with Crippen molar-refractivity contribution in [1.29, 1.82) is 0 Å². The molecule has 144 valence electrons. The molecule has 0 aliphatic carbocycles. The van der Waals surface area contributed by atoms with Gasteiger partial charge < -0.3 is 16.0 Å². The normalized spacial score (nSPS) is 15.9. The molecular weight excluding hydrogens is 360 g/mol. The number of benzene rings is 1. The van der Waals surface area contributed by atoms with Crippen molar-refractivity contribution in [2.45, 2.75) is 45.1 Å². The van der Waals surface area contributed by atoms with E-state index >= 15 is 0 Å². The van der Waals surface area contributed by atoms with Crippen LogP contribution in [0.2, 0.25) is 0 Å². The Morgan fingerprint density at radius 2 is 1.96 bits per heavy atom.